The van der Waals surface area contributed by atoms with E-state index in [1.807, 2.05) is 39.1 Å². The summed E-state index contributed by atoms with van der Waals surface area (Å²) in [6.45, 7) is 7.38. The van der Waals surface area contributed by atoms with Gasteiger partial charge in [-0.2, -0.15) is 0 Å². The lowest BCUT2D eigenvalue weighted by atomic mass is 9.89. The van der Waals surface area contributed by atoms with Crippen LogP contribution in [-0.4, -0.2) is 32.5 Å². The number of amides is 1. The van der Waals surface area contributed by atoms with E-state index < -0.39 is 22.8 Å². The molecule has 3 aromatic rings. The zero-order valence-electron chi connectivity index (χ0n) is 20.9. The van der Waals surface area contributed by atoms with Crippen LogP contribution in [0.1, 0.15) is 66.7 Å². The molecule has 2 atom stereocenters. The van der Waals surface area contributed by atoms with Crippen molar-refractivity contribution < 1.29 is 18.3 Å². The molecule has 7 nitrogen and oxygen atoms in total. The molecule has 9 heteroatoms. The van der Waals surface area contributed by atoms with Crippen molar-refractivity contribution in [3.63, 3.8) is 0 Å². The van der Waals surface area contributed by atoms with Gasteiger partial charge in [-0.25, -0.2) is 13.8 Å². The van der Waals surface area contributed by atoms with Crippen molar-refractivity contribution in [1.29, 1.82) is 0 Å². The number of hydrogen-bond acceptors (Lipinski definition) is 5. The lowest BCUT2D eigenvalue weighted by Gasteiger charge is -2.34. The number of benzene rings is 1. The number of ether oxygens (including phenoxy) is 1. The maximum atomic E-state index is 14.3. The first kappa shape index (κ1) is 25.7. The van der Waals surface area contributed by atoms with E-state index in [1.54, 1.807) is 23.9 Å². The van der Waals surface area contributed by atoms with Crippen LogP contribution in [0.25, 0.3) is 11.8 Å². The smallest absolute Gasteiger partial charge is 0.270 e. The highest BCUT2D eigenvalue weighted by atomic mass is 19.1. The van der Waals surface area contributed by atoms with E-state index in [0.717, 1.165) is 11.1 Å². The Morgan fingerprint density at radius 2 is 2.00 bits per heavy atom. The number of nitrogens with one attached hydrogen (secondary N) is 1. The van der Waals surface area contributed by atoms with Gasteiger partial charge in [0.1, 0.15) is 28.8 Å². The van der Waals surface area contributed by atoms with Crippen molar-refractivity contribution in [2.75, 3.05) is 6.54 Å². The summed E-state index contributed by atoms with van der Waals surface area (Å²) in [5.41, 5.74) is 6.97. The summed E-state index contributed by atoms with van der Waals surface area (Å²) in [6, 6.07) is 7.43. The number of aryl methyl sites for hydroxylation is 1. The number of aromatic nitrogens is 3. The number of nitrogens with two attached hydrogens (primary N) is 1. The average molecular weight is 496 g/mol. The van der Waals surface area contributed by atoms with Gasteiger partial charge in [-0.1, -0.05) is 19.1 Å². The molecule has 1 aromatic carbocycles. The van der Waals surface area contributed by atoms with Crippen molar-refractivity contribution in [2.24, 2.45) is 5.73 Å². The second-order valence-corrected chi connectivity index (χ2v) is 9.72. The van der Waals surface area contributed by atoms with Gasteiger partial charge in [-0.05, 0) is 56.5 Å². The second kappa shape index (κ2) is 9.91. The van der Waals surface area contributed by atoms with Crippen LogP contribution in [0.15, 0.2) is 42.7 Å². The number of pyridine rings is 1. The lowest BCUT2D eigenvalue weighted by Crippen LogP contribution is -2.47. The molecule has 3 heterocycles. The van der Waals surface area contributed by atoms with E-state index in [1.165, 1.54) is 18.2 Å². The first-order valence-corrected chi connectivity index (χ1v) is 11.9. The molecule has 0 radical (unpaired) electrons. The van der Waals surface area contributed by atoms with Crippen LogP contribution in [0.4, 0.5) is 8.78 Å². The van der Waals surface area contributed by atoms with Crippen LogP contribution >= 0.6 is 0 Å². The van der Waals surface area contributed by atoms with E-state index >= 15 is 0 Å². The summed E-state index contributed by atoms with van der Waals surface area (Å²) < 4.78 is 36.6. The van der Waals surface area contributed by atoms with E-state index in [-0.39, 0.29) is 18.1 Å². The number of hydrogen-bond donors (Lipinski definition) is 2. The standard InChI is InChI=1S/C27H31F2N5O2/c1-5-26(3,30)16-32-24(35)23-17(2)33-25-27(4,36-15-20-21(28)9-6-10-22(20)29)12-19(14-34(23)25)18-8-7-11-31-13-18/h6-11,13-14H,5,12,15-16,30H2,1-4H3,(H,32,35). The zero-order chi connectivity index (χ0) is 26.1. The Kier molecular flexibility index (Phi) is 7.06. The average Bonchev–Trinajstić information content (AvgIpc) is 3.20. The normalized spacial score (nSPS) is 18.8. The van der Waals surface area contributed by atoms with Gasteiger partial charge in [0.25, 0.3) is 5.91 Å². The maximum Gasteiger partial charge on any atom is 0.270 e. The van der Waals surface area contributed by atoms with Crippen molar-refractivity contribution in [1.82, 2.24) is 19.9 Å². The van der Waals surface area contributed by atoms with Crippen LogP contribution in [0.2, 0.25) is 0 Å². The van der Waals surface area contributed by atoms with Crippen LogP contribution in [0.3, 0.4) is 0 Å². The summed E-state index contributed by atoms with van der Waals surface area (Å²) in [5, 5.41) is 2.92. The van der Waals surface area contributed by atoms with Crippen LogP contribution in [0.5, 0.6) is 0 Å². The molecule has 0 fully saturated rings. The van der Waals surface area contributed by atoms with Gasteiger partial charge in [-0.3, -0.25) is 14.3 Å². The quantitative estimate of drug-likeness (QED) is 0.478. The molecule has 0 aliphatic carbocycles. The monoisotopic (exact) mass is 495 g/mol. The fourth-order valence-corrected chi connectivity index (χ4v) is 4.20. The molecule has 3 N–H and O–H groups in total. The van der Waals surface area contributed by atoms with Crippen molar-refractivity contribution in [2.45, 2.75) is 58.3 Å². The molecule has 4 rings (SSSR count). The third-order valence-corrected chi connectivity index (χ3v) is 6.68. The fourth-order valence-electron chi connectivity index (χ4n) is 4.20. The van der Waals surface area contributed by atoms with Crippen molar-refractivity contribution >= 4 is 17.7 Å². The first-order chi connectivity index (χ1) is 17.0. The summed E-state index contributed by atoms with van der Waals surface area (Å²) in [6.07, 6.45) is 6.30. The van der Waals surface area contributed by atoms with E-state index in [0.29, 0.717) is 36.6 Å². The minimum atomic E-state index is -1.08. The van der Waals surface area contributed by atoms with Crippen molar-refractivity contribution in [3.8, 4) is 0 Å². The third kappa shape index (κ3) is 5.08. The highest BCUT2D eigenvalue weighted by molar-refractivity contribution is 5.95. The Morgan fingerprint density at radius 3 is 2.64 bits per heavy atom. The minimum absolute atomic E-state index is 0.161. The molecule has 0 bridgehead atoms. The summed E-state index contributed by atoms with van der Waals surface area (Å²) in [5.74, 6) is -1.21. The molecule has 2 aromatic heterocycles. The molecule has 2 unspecified atom stereocenters. The Morgan fingerprint density at radius 1 is 1.28 bits per heavy atom. The van der Waals surface area contributed by atoms with E-state index in [2.05, 4.69) is 15.3 Å². The molecular weight excluding hydrogens is 464 g/mol. The second-order valence-electron chi connectivity index (χ2n) is 9.72. The number of nitrogens with zero attached hydrogens (tertiary/aromatic N) is 3. The molecule has 190 valence electrons. The summed E-state index contributed by atoms with van der Waals surface area (Å²) in [4.78, 5) is 22.2. The third-order valence-electron chi connectivity index (χ3n) is 6.68. The van der Waals surface area contributed by atoms with Gasteiger partial charge >= 0.3 is 0 Å². The summed E-state index contributed by atoms with van der Waals surface area (Å²) >= 11 is 0. The number of fused-ring (bicyclic) bond motifs is 1. The first-order valence-electron chi connectivity index (χ1n) is 11.9. The molecule has 1 amide bonds. The molecule has 0 saturated heterocycles. The van der Waals surface area contributed by atoms with Gasteiger partial charge in [0.15, 0.2) is 0 Å². The van der Waals surface area contributed by atoms with Gasteiger partial charge in [-0.15, -0.1) is 0 Å². The number of halogens is 2. The highest BCUT2D eigenvalue weighted by Crippen LogP contribution is 2.41. The number of carbonyl (C=O) groups excluding carboxylic acids is 1. The molecule has 1 aliphatic rings. The van der Waals surface area contributed by atoms with Crippen molar-refractivity contribution in [3.05, 3.63) is 82.7 Å². The predicted octanol–water partition coefficient (Wildman–Crippen LogP) is 4.56. The Bertz CT molecular complexity index is 1280. The van der Waals surface area contributed by atoms with E-state index in [4.69, 9.17) is 10.5 Å². The fraction of sp³-hybridized carbons (Fsp3) is 0.370. The van der Waals surface area contributed by atoms with Crippen LogP contribution < -0.4 is 11.1 Å². The zero-order valence-corrected chi connectivity index (χ0v) is 20.9. The maximum absolute atomic E-state index is 14.3. The molecule has 36 heavy (non-hydrogen) atoms. The Balaban J connectivity index is 1.75. The highest BCUT2D eigenvalue weighted by Gasteiger charge is 2.40. The number of carbonyl (C=O) groups is 1. The predicted molar refractivity (Wildman–Crippen MR) is 134 cm³/mol. The Labute approximate surface area is 209 Å². The van der Waals surface area contributed by atoms with Gasteiger partial charge in [0.2, 0.25) is 0 Å². The molecule has 0 spiro atoms. The van der Waals surface area contributed by atoms with Gasteiger partial charge < -0.3 is 15.8 Å². The van der Waals surface area contributed by atoms with Gasteiger partial charge in [0, 0.05) is 42.7 Å². The number of rotatable bonds is 8. The van der Waals surface area contributed by atoms with Crippen LogP contribution in [-0.2, 0) is 16.9 Å². The van der Waals surface area contributed by atoms with Crippen LogP contribution in [0, 0.1) is 18.6 Å². The molecule has 1 aliphatic heterocycles. The SMILES string of the molecule is CCC(C)(N)CNC(=O)c1c(C)nc2n1C=C(c1cccnc1)CC2(C)OCc1c(F)cccc1F. The molecule has 0 saturated carbocycles. The molecular formula is C27H31F2N5O2. The lowest BCUT2D eigenvalue weighted by molar-refractivity contribution is -0.0545. The van der Waals surface area contributed by atoms with Gasteiger partial charge in [0.05, 0.1) is 12.3 Å². The topological polar surface area (TPSA) is 95.1 Å². The Hall–Kier alpha value is -3.43. The minimum Gasteiger partial charge on any atom is -0.362 e. The number of imidazole rings is 1. The van der Waals surface area contributed by atoms with E-state index in [9.17, 15) is 13.6 Å². The largest absolute Gasteiger partial charge is 0.362 e. The summed E-state index contributed by atoms with van der Waals surface area (Å²) in [7, 11) is 0.